The van der Waals surface area contributed by atoms with Crippen molar-refractivity contribution in [3.05, 3.63) is 29.8 Å². The number of rotatable bonds is 6. The number of nitrogens with one attached hydrogen (secondary N) is 1. The van der Waals surface area contributed by atoms with Crippen LogP contribution in [0, 0.1) is 11.8 Å². The van der Waals surface area contributed by atoms with Gasteiger partial charge < -0.3 is 10.1 Å². The van der Waals surface area contributed by atoms with E-state index >= 15 is 0 Å². The summed E-state index contributed by atoms with van der Waals surface area (Å²) in [4.78, 5) is 37.9. The molecule has 2 unspecified atom stereocenters. The zero-order chi connectivity index (χ0) is 18.7. The van der Waals surface area contributed by atoms with Crippen molar-refractivity contribution < 1.29 is 27.9 Å². The summed E-state index contributed by atoms with van der Waals surface area (Å²) in [6.07, 6.45) is 3.21. The summed E-state index contributed by atoms with van der Waals surface area (Å²) in [6, 6.07) is 6.12. The van der Waals surface area contributed by atoms with Crippen molar-refractivity contribution in [3.8, 4) is 5.75 Å². The number of para-hydroxylation sites is 1. The largest absolute Gasteiger partial charge is 0.434 e. The van der Waals surface area contributed by atoms with Crippen LogP contribution in [0.3, 0.4) is 0 Å². The minimum Gasteiger partial charge on any atom is -0.434 e. The number of fused-ring (bicyclic) bond motifs is 1. The Morgan fingerprint density at radius 2 is 1.77 bits per heavy atom. The molecule has 0 aromatic heterocycles. The topological polar surface area (TPSA) is 75.7 Å². The van der Waals surface area contributed by atoms with Gasteiger partial charge in [-0.2, -0.15) is 8.78 Å². The minimum atomic E-state index is -2.96. The minimum absolute atomic E-state index is 0.0258. The maximum absolute atomic E-state index is 12.4. The quantitative estimate of drug-likeness (QED) is 0.782. The van der Waals surface area contributed by atoms with Gasteiger partial charge in [0.2, 0.25) is 17.7 Å². The van der Waals surface area contributed by atoms with Gasteiger partial charge in [0.25, 0.3) is 0 Å². The Bertz CT molecular complexity index is 686. The molecule has 2 fully saturated rings. The van der Waals surface area contributed by atoms with Gasteiger partial charge in [-0.3, -0.25) is 19.3 Å². The second-order valence-electron chi connectivity index (χ2n) is 6.52. The molecule has 6 nitrogen and oxygen atoms in total. The lowest BCUT2D eigenvalue weighted by atomic mass is 9.81. The van der Waals surface area contributed by atoms with Crippen molar-refractivity contribution in [1.82, 2.24) is 10.2 Å². The number of hydrogen-bond donors (Lipinski definition) is 1. The number of likely N-dealkylation sites (tertiary alicyclic amines) is 1. The highest BCUT2D eigenvalue weighted by Gasteiger charge is 2.48. The maximum atomic E-state index is 12.4. The molecule has 3 rings (SSSR count). The molecule has 1 heterocycles. The van der Waals surface area contributed by atoms with Gasteiger partial charge >= 0.3 is 6.61 Å². The lowest BCUT2D eigenvalue weighted by Gasteiger charge is -2.19. The summed E-state index contributed by atoms with van der Waals surface area (Å²) in [5.74, 6) is -1.71. The number of halogens is 2. The third kappa shape index (κ3) is 3.84. The molecule has 8 heteroatoms. The fourth-order valence-electron chi connectivity index (χ4n) is 3.64. The van der Waals surface area contributed by atoms with Crippen molar-refractivity contribution in [2.75, 3.05) is 6.54 Å². The molecule has 140 valence electrons. The fourth-order valence-corrected chi connectivity index (χ4v) is 3.64. The number of nitrogens with zero attached hydrogens (tertiary/aromatic N) is 1. The summed E-state index contributed by atoms with van der Waals surface area (Å²) in [7, 11) is 0. The van der Waals surface area contributed by atoms with E-state index in [1.54, 1.807) is 18.2 Å². The Morgan fingerprint density at radius 3 is 2.38 bits per heavy atom. The summed E-state index contributed by atoms with van der Waals surface area (Å²) < 4.78 is 29.2. The van der Waals surface area contributed by atoms with E-state index in [9.17, 15) is 23.2 Å². The molecule has 1 aliphatic carbocycles. The van der Waals surface area contributed by atoms with E-state index in [2.05, 4.69) is 10.1 Å². The highest BCUT2D eigenvalue weighted by atomic mass is 19.3. The first-order valence-corrected chi connectivity index (χ1v) is 8.62. The van der Waals surface area contributed by atoms with Crippen LogP contribution in [0.15, 0.2) is 24.3 Å². The summed E-state index contributed by atoms with van der Waals surface area (Å²) >= 11 is 0. The van der Waals surface area contributed by atoms with E-state index in [-0.39, 0.29) is 42.5 Å². The van der Waals surface area contributed by atoms with E-state index < -0.39 is 12.5 Å². The van der Waals surface area contributed by atoms with Crippen LogP contribution in [0.1, 0.15) is 31.2 Å². The molecular formula is C18H20F2N2O4. The predicted octanol–water partition coefficient (Wildman–Crippen LogP) is 2.08. The Kier molecular flexibility index (Phi) is 5.49. The van der Waals surface area contributed by atoms with Gasteiger partial charge in [0.1, 0.15) is 12.3 Å². The van der Waals surface area contributed by atoms with E-state index in [1.165, 1.54) is 6.07 Å². The van der Waals surface area contributed by atoms with E-state index in [0.29, 0.717) is 18.4 Å². The second-order valence-corrected chi connectivity index (χ2v) is 6.52. The smallest absolute Gasteiger partial charge is 0.387 e. The zero-order valence-corrected chi connectivity index (χ0v) is 14.1. The number of carbonyl (C=O) groups is 3. The Morgan fingerprint density at radius 1 is 1.15 bits per heavy atom. The predicted molar refractivity (Wildman–Crippen MR) is 87.1 cm³/mol. The summed E-state index contributed by atoms with van der Waals surface area (Å²) in [5, 5.41) is 2.55. The highest BCUT2D eigenvalue weighted by Crippen LogP contribution is 2.37. The maximum Gasteiger partial charge on any atom is 0.387 e. The van der Waals surface area contributed by atoms with Crippen LogP contribution >= 0.6 is 0 Å². The van der Waals surface area contributed by atoms with Gasteiger partial charge in [-0.1, -0.05) is 31.0 Å². The molecular weight excluding hydrogens is 346 g/mol. The van der Waals surface area contributed by atoms with Gasteiger partial charge in [0.15, 0.2) is 0 Å². The van der Waals surface area contributed by atoms with E-state index in [0.717, 1.165) is 17.7 Å². The first-order valence-electron chi connectivity index (χ1n) is 8.62. The normalized spacial score (nSPS) is 22.5. The third-order valence-corrected chi connectivity index (χ3v) is 4.90. The molecule has 1 saturated heterocycles. The Balaban J connectivity index is 1.58. The molecule has 1 saturated carbocycles. The number of benzene rings is 1. The number of alkyl halides is 2. The molecule has 3 amide bonds. The Hall–Kier alpha value is -2.51. The van der Waals surface area contributed by atoms with Crippen LogP contribution in [-0.4, -0.2) is 35.8 Å². The average Bonchev–Trinajstić information content (AvgIpc) is 2.86. The van der Waals surface area contributed by atoms with Crippen molar-refractivity contribution in [2.45, 2.75) is 38.8 Å². The lowest BCUT2D eigenvalue weighted by molar-refractivity contribution is -0.143. The molecule has 2 aliphatic rings. The first-order chi connectivity index (χ1) is 12.5. The monoisotopic (exact) mass is 366 g/mol. The van der Waals surface area contributed by atoms with Crippen LogP contribution < -0.4 is 10.1 Å². The molecule has 2 atom stereocenters. The molecule has 1 aromatic rings. The van der Waals surface area contributed by atoms with Crippen LogP contribution in [0.5, 0.6) is 5.75 Å². The molecule has 26 heavy (non-hydrogen) atoms. The van der Waals surface area contributed by atoms with Gasteiger partial charge in [-0.15, -0.1) is 0 Å². The number of imide groups is 1. The van der Waals surface area contributed by atoms with Gasteiger partial charge in [0.05, 0.1) is 11.8 Å². The molecule has 1 aliphatic heterocycles. The number of hydrogen-bond acceptors (Lipinski definition) is 4. The summed E-state index contributed by atoms with van der Waals surface area (Å²) in [5.41, 5.74) is 0.383. The van der Waals surface area contributed by atoms with Crippen LogP contribution in [0.25, 0.3) is 0 Å². The van der Waals surface area contributed by atoms with Crippen molar-refractivity contribution in [2.24, 2.45) is 11.8 Å². The van der Waals surface area contributed by atoms with Crippen LogP contribution in [0.2, 0.25) is 0 Å². The number of carbonyl (C=O) groups excluding carboxylic acids is 3. The van der Waals surface area contributed by atoms with Gasteiger partial charge in [-0.05, 0) is 18.9 Å². The second kappa shape index (κ2) is 7.80. The fraction of sp³-hybridized carbons (Fsp3) is 0.500. The van der Waals surface area contributed by atoms with Gasteiger partial charge in [0, 0.05) is 12.1 Å². The highest BCUT2D eigenvalue weighted by molar-refractivity contribution is 6.07. The molecule has 0 spiro atoms. The van der Waals surface area contributed by atoms with E-state index in [1.807, 2.05) is 0 Å². The molecule has 0 radical (unpaired) electrons. The molecule has 0 bridgehead atoms. The van der Waals surface area contributed by atoms with Crippen LogP contribution in [-0.2, 0) is 20.9 Å². The Labute approximate surface area is 149 Å². The lowest BCUT2D eigenvalue weighted by Crippen LogP contribution is -2.40. The average molecular weight is 366 g/mol. The summed E-state index contributed by atoms with van der Waals surface area (Å²) in [6.45, 7) is -3.34. The standard InChI is InChI=1S/C18H20F2N2O4/c19-18(20)26-14-8-4-1-5-11(14)9-21-15(23)10-22-16(24)12-6-2-3-7-13(12)17(22)25/h1,4-5,8,12-13,18H,2-3,6-7,9-10H2,(H,21,23). The number of ether oxygens (including phenoxy) is 1. The van der Waals surface area contributed by atoms with Crippen LogP contribution in [0.4, 0.5) is 8.78 Å². The SMILES string of the molecule is O=C(CN1C(=O)C2CCCCC2C1=O)NCc1ccccc1OC(F)F. The molecule has 1 aromatic carbocycles. The number of amides is 3. The van der Waals surface area contributed by atoms with E-state index in [4.69, 9.17) is 0 Å². The van der Waals surface area contributed by atoms with Crippen molar-refractivity contribution >= 4 is 17.7 Å². The zero-order valence-electron chi connectivity index (χ0n) is 14.1. The van der Waals surface area contributed by atoms with Gasteiger partial charge in [-0.25, -0.2) is 0 Å². The first kappa shape index (κ1) is 18.3. The van der Waals surface area contributed by atoms with Crippen molar-refractivity contribution in [3.63, 3.8) is 0 Å². The van der Waals surface area contributed by atoms with Crippen molar-refractivity contribution in [1.29, 1.82) is 0 Å². The third-order valence-electron chi connectivity index (χ3n) is 4.90. The molecule has 1 N–H and O–H groups in total.